The number of hydrogen-bond donors (Lipinski definition) is 2. The van der Waals surface area contributed by atoms with Gasteiger partial charge in [0.25, 0.3) is 0 Å². The summed E-state index contributed by atoms with van der Waals surface area (Å²) < 4.78 is 22.2. The summed E-state index contributed by atoms with van der Waals surface area (Å²) in [6.07, 6.45) is 1.25. The summed E-state index contributed by atoms with van der Waals surface area (Å²) in [7, 11) is -2.96. The highest BCUT2D eigenvalue weighted by Gasteiger charge is 2.20. The van der Waals surface area contributed by atoms with Crippen molar-refractivity contribution in [3.05, 3.63) is 0 Å². The molecule has 0 saturated carbocycles. The monoisotopic (exact) mass is 204 g/mol. The molecule has 13 heavy (non-hydrogen) atoms. The Morgan fingerprint density at radius 2 is 2.08 bits per heavy atom. The molecular weight excluding hydrogens is 192 g/mol. The molecule has 1 rings (SSSR count). The lowest BCUT2D eigenvalue weighted by atomic mass is 10.2. The third-order valence-corrected chi connectivity index (χ3v) is 3.30. The van der Waals surface area contributed by atoms with Gasteiger partial charge >= 0.3 is 0 Å². The number of nitrogens with two attached hydrogens (primary N) is 2. The molecule has 0 unspecified atom stereocenters. The fourth-order valence-corrected chi connectivity index (χ4v) is 2.54. The summed E-state index contributed by atoms with van der Waals surface area (Å²) >= 11 is 0. The predicted molar refractivity (Wildman–Crippen MR) is 51.1 cm³/mol. The first-order chi connectivity index (χ1) is 5.99. The van der Waals surface area contributed by atoms with Gasteiger partial charge in [0, 0.05) is 0 Å². The zero-order valence-corrected chi connectivity index (χ0v) is 7.92. The molecule has 0 amide bonds. The lowest BCUT2D eigenvalue weighted by Gasteiger charge is -2.11. The van der Waals surface area contributed by atoms with E-state index < -0.39 is 9.84 Å². The molecule has 7 heteroatoms. The van der Waals surface area contributed by atoms with Crippen molar-refractivity contribution < 1.29 is 8.42 Å². The number of nitrogens with zero attached hydrogens (tertiary/aromatic N) is 2. The molecule has 0 aliphatic carbocycles. The van der Waals surface area contributed by atoms with Crippen LogP contribution < -0.4 is 11.5 Å². The Kier molecular flexibility index (Phi) is 2.86. The first-order valence-electron chi connectivity index (χ1n) is 3.84. The standard InChI is InChI=1S/C6H12N4O2S/c7-6(8)10-9-5-2-1-3-13(11,12)4-5/h1-4H2,(H4,7,8,10). The number of guanidine groups is 1. The van der Waals surface area contributed by atoms with Crippen LogP contribution in [0.1, 0.15) is 12.8 Å². The number of hydrogen-bond acceptors (Lipinski definition) is 4. The summed E-state index contributed by atoms with van der Waals surface area (Å²) in [6, 6.07) is 0. The van der Waals surface area contributed by atoms with E-state index in [1.54, 1.807) is 0 Å². The van der Waals surface area contributed by atoms with Crippen LogP contribution in [-0.2, 0) is 9.84 Å². The van der Waals surface area contributed by atoms with Gasteiger partial charge in [-0.3, -0.25) is 0 Å². The lowest BCUT2D eigenvalue weighted by Crippen LogP contribution is -2.26. The minimum Gasteiger partial charge on any atom is -0.369 e. The molecular formula is C6H12N4O2S. The molecule has 0 aromatic carbocycles. The van der Waals surface area contributed by atoms with Crippen LogP contribution in [0.25, 0.3) is 0 Å². The van der Waals surface area contributed by atoms with Crippen LogP contribution in [-0.4, -0.2) is 31.6 Å². The maximum Gasteiger partial charge on any atom is 0.211 e. The van der Waals surface area contributed by atoms with Crippen LogP contribution in [0.3, 0.4) is 0 Å². The molecule has 6 nitrogen and oxygen atoms in total. The van der Waals surface area contributed by atoms with Gasteiger partial charge in [0.05, 0.1) is 17.2 Å². The van der Waals surface area contributed by atoms with E-state index in [0.717, 1.165) is 0 Å². The van der Waals surface area contributed by atoms with Gasteiger partial charge in [-0.1, -0.05) is 0 Å². The second-order valence-electron chi connectivity index (χ2n) is 2.89. The van der Waals surface area contributed by atoms with Crippen molar-refractivity contribution in [2.45, 2.75) is 12.8 Å². The van der Waals surface area contributed by atoms with E-state index in [1.807, 2.05) is 0 Å². The largest absolute Gasteiger partial charge is 0.369 e. The second kappa shape index (κ2) is 3.73. The van der Waals surface area contributed by atoms with E-state index >= 15 is 0 Å². The van der Waals surface area contributed by atoms with Crippen LogP contribution in [0, 0.1) is 0 Å². The zero-order valence-electron chi connectivity index (χ0n) is 7.10. The van der Waals surface area contributed by atoms with E-state index in [0.29, 0.717) is 18.6 Å². The highest BCUT2D eigenvalue weighted by Crippen LogP contribution is 2.09. The van der Waals surface area contributed by atoms with Gasteiger partial charge < -0.3 is 11.5 Å². The summed E-state index contributed by atoms with van der Waals surface area (Å²) in [6.45, 7) is 0. The molecule has 1 saturated heterocycles. The van der Waals surface area contributed by atoms with E-state index in [-0.39, 0.29) is 17.5 Å². The summed E-state index contributed by atoms with van der Waals surface area (Å²) in [5.74, 6) is 0.0490. The topological polar surface area (TPSA) is 111 Å². The van der Waals surface area contributed by atoms with Crippen LogP contribution in [0.4, 0.5) is 0 Å². The molecule has 4 N–H and O–H groups in total. The van der Waals surface area contributed by atoms with E-state index in [2.05, 4.69) is 10.2 Å². The van der Waals surface area contributed by atoms with Gasteiger partial charge in [0.2, 0.25) is 5.96 Å². The first-order valence-corrected chi connectivity index (χ1v) is 5.66. The molecule has 1 aliphatic heterocycles. The van der Waals surface area contributed by atoms with Crippen LogP contribution in [0.2, 0.25) is 0 Å². The van der Waals surface area contributed by atoms with Crippen LogP contribution in [0.15, 0.2) is 10.2 Å². The quantitative estimate of drug-likeness (QED) is 0.318. The fourth-order valence-electron chi connectivity index (χ4n) is 1.10. The lowest BCUT2D eigenvalue weighted by molar-refractivity contribution is 0.594. The van der Waals surface area contributed by atoms with Crippen molar-refractivity contribution in [3.8, 4) is 0 Å². The molecule has 0 spiro atoms. The van der Waals surface area contributed by atoms with Gasteiger partial charge in [0.1, 0.15) is 0 Å². The molecule has 0 radical (unpaired) electrons. The average molecular weight is 204 g/mol. The minimum absolute atomic E-state index is 0.0240. The Labute approximate surface area is 76.6 Å². The second-order valence-corrected chi connectivity index (χ2v) is 5.07. The Morgan fingerprint density at radius 1 is 1.38 bits per heavy atom. The SMILES string of the molecule is NC(N)=NN=C1CCCS(=O)(=O)C1. The Hall–Kier alpha value is -1.11. The molecule has 1 aliphatic rings. The van der Waals surface area contributed by atoms with E-state index in [1.165, 1.54) is 0 Å². The summed E-state index contributed by atoms with van der Waals surface area (Å²) in [5, 5.41) is 7.06. The van der Waals surface area contributed by atoms with Crippen LogP contribution in [0.5, 0.6) is 0 Å². The molecule has 0 atom stereocenters. The normalized spacial score (nSPS) is 24.2. The van der Waals surface area contributed by atoms with Crippen molar-refractivity contribution in [1.82, 2.24) is 0 Å². The zero-order chi connectivity index (χ0) is 9.90. The van der Waals surface area contributed by atoms with Gasteiger partial charge in [-0.15, -0.1) is 5.10 Å². The summed E-state index contributed by atoms with van der Waals surface area (Å²) in [5.41, 5.74) is 10.6. The van der Waals surface area contributed by atoms with Gasteiger partial charge in [-0.05, 0) is 12.8 Å². The van der Waals surface area contributed by atoms with Crippen LogP contribution >= 0.6 is 0 Å². The third kappa shape index (κ3) is 3.41. The Bertz CT molecular complexity index is 340. The van der Waals surface area contributed by atoms with Crippen molar-refractivity contribution in [2.75, 3.05) is 11.5 Å². The Morgan fingerprint density at radius 3 is 2.62 bits per heavy atom. The van der Waals surface area contributed by atoms with Crippen molar-refractivity contribution in [2.24, 2.45) is 21.7 Å². The minimum atomic E-state index is -2.96. The fraction of sp³-hybridized carbons (Fsp3) is 0.667. The number of rotatable bonds is 1. The summed E-state index contributed by atoms with van der Waals surface area (Å²) in [4.78, 5) is 0. The average Bonchev–Trinajstić information content (AvgIpc) is 1.99. The van der Waals surface area contributed by atoms with Gasteiger partial charge in [0.15, 0.2) is 9.84 Å². The van der Waals surface area contributed by atoms with E-state index in [4.69, 9.17) is 11.5 Å². The van der Waals surface area contributed by atoms with Crippen molar-refractivity contribution >= 4 is 21.5 Å². The number of sulfone groups is 1. The highest BCUT2D eigenvalue weighted by atomic mass is 32.2. The van der Waals surface area contributed by atoms with Gasteiger partial charge in [-0.2, -0.15) is 5.10 Å². The predicted octanol–water partition coefficient (Wildman–Crippen LogP) is -1.18. The smallest absolute Gasteiger partial charge is 0.211 e. The maximum atomic E-state index is 11.1. The van der Waals surface area contributed by atoms with Crippen molar-refractivity contribution in [3.63, 3.8) is 0 Å². The molecule has 0 bridgehead atoms. The van der Waals surface area contributed by atoms with Crippen molar-refractivity contribution in [1.29, 1.82) is 0 Å². The third-order valence-electron chi connectivity index (χ3n) is 1.61. The first kappa shape index (κ1) is 9.97. The molecule has 1 fully saturated rings. The van der Waals surface area contributed by atoms with E-state index in [9.17, 15) is 8.42 Å². The molecule has 0 aromatic heterocycles. The Balaban J connectivity index is 2.73. The van der Waals surface area contributed by atoms with Gasteiger partial charge in [-0.25, -0.2) is 8.42 Å². The molecule has 74 valence electrons. The molecule has 1 heterocycles. The highest BCUT2D eigenvalue weighted by molar-refractivity contribution is 7.92. The maximum absolute atomic E-state index is 11.1. The molecule has 0 aromatic rings.